The molecule has 0 unspecified atom stereocenters. The van der Waals surface area contributed by atoms with Gasteiger partial charge >= 0.3 is 0 Å². The second-order valence-electron chi connectivity index (χ2n) is 3.73. The summed E-state index contributed by atoms with van der Waals surface area (Å²) in [7, 11) is -4.05. The van der Waals surface area contributed by atoms with E-state index < -0.39 is 15.9 Å². The smallest absolute Gasteiger partial charge is 0.265 e. The number of pyridine rings is 1. The van der Waals surface area contributed by atoms with Crippen LogP contribution < -0.4 is 4.72 Å². The summed E-state index contributed by atoms with van der Waals surface area (Å²) in [6.07, 6.45) is 1.30. The molecule has 0 aliphatic rings. The maximum atomic E-state index is 12.1. The van der Waals surface area contributed by atoms with Crippen molar-refractivity contribution in [2.24, 2.45) is 0 Å². The zero-order valence-electron chi connectivity index (χ0n) is 9.88. The molecule has 20 heavy (non-hydrogen) atoms. The zero-order chi connectivity index (χ0) is 14.8. The summed E-state index contributed by atoms with van der Waals surface area (Å²) in [5.74, 6) is -0.811. The van der Waals surface area contributed by atoms with Crippen LogP contribution in [0.5, 0.6) is 0 Å². The molecule has 1 aromatic heterocycles. The fourth-order valence-electron chi connectivity index (χ4n) is 1.44. The number of hydrogen-bond donors (Lipinski definition) is 1. The first-order chi connectivity index (χ1) is 9.40. The molecule has 8 heteroatoms. The molecule has 0 bridgehead atoms. The fourth-order valence-corrected chi connectivity index (χ4v) is 3.11. The minimum atomic E-state index is -4.05. The molecule has 0 fully saturated rings. The molecule has 2 rings (SSSR count). The number of nitrogens with zero attached hydrogens (tertiary/aromatic N) is 1. The summed E-state index contributed by atoms with van der Waals surface area (Å²) in [5, 5.41) is 0.119. The van der Waals surface area contributed by atoms with Crippen molar-refractivity contribution in [2.45, 2.75) is 4.90 Å². The van der Waals surface area contributed by atoms with Crippen molar-refractivity contribution in [1.29, 1.82) is 0 Å². The number of nitrogens with one attached hydrogen (secondary N) is 1. The third-order valence-electron chi connectivity index (χ3n) is 2.34. The number of sulfonamides is 1. The van der Waals surface area contributed by atoms with Crippen molar-refractivity contribution < 1.29 is 13.2 Å². The summed E-state index contributed by atoms with van der Waals surface area (Å²) in [4.78, 5) is 15.4. The molecule has 5 nitrogen and oxygen atoms in total. The first-order valence-electron chi connectivity index (χ1n) is 5.33. The van der Waals surface area contributed by atoms with Gasteiger partial charge in [-0.1, -0.05) is 35.3 Å². The maximum Gasteiger partial charge on any atom is 0.265 e. The summed E-state index contributed by atoms with van der Waals surface area (Å²) >= 11 is 11.4. The normalized spacial score (nSPS) is 11.1. The van der Waals surface area contributed by atoms with E-state index in [-0.39, 0.29) is 20.6 Å². The topological polar surface area (TPSA) is 76.1 Å². The molecule has 2 aromatic rings. The largest absolute Gasteiger partial charge is 0.268 e. The first-order valence-corrected chi connectivity index (χ1v) is 7.57. The Morgan fingerprint density at radius 3 is 2.50 bits per heavy atom. The monoisotopic (exact) mass is 330 g/mol. The fraction of sp³-hybridized carbons (Fsp3) is 0. The van der Waals surface area contributed by atoms with Crippen LogP contribution in [-0.2, 0) is 10.0 Å². The highest BCUT2D eigenvalue weighted by Gasteiger charge is 2.21. The number of amides is 1. The summed E-state index contributed by atoms with van der Waals surface area (Å²) in [5.41, 5.74) is 0.0839. The van der Waals surface area contributed by atoms with E-state index >= 15 is 0 Å². The number of rotatable bonds is 3. The molecule has 0 aliphatic carbocycles. The van der Waals surface area contributed by atoms with Crippen LogP contribution in [0.15, 0.2) is 47.5 Å². The van der Waals surface area contributed by atoms with Gasteiger partial charge in [0.2, 0.25) is 0 Å². The zero-order valence-corrected chi connectivity index (χ0v) is 12.2. The standard InChI is InChI=1S/C12H8Cl2N2O3S/c13-9-3-1-2-4-10(9)20(18,19)16-12(17)8-5-6-15-11(14)7-8/h1-7H,(H,16,17). The lowest BCUT2D eigenvalue weighted by Crippen LogP contribution is -2.30. The Kier molecular flexibility index (Phi) is 4.27. The van der Waals surface area contributed by atoms with Gasteiger partial charge in [-0.15, -0.1) is 0 Å². The van der Waals surface area contributed by atoms with Crippen molar-refractivity contribution in [3.8, 4) is 0 Å². The number of carbonyl (C=O) groups is 1. The maximum absolute atomic E-state index is 12.1. The summed E-state index contributed by atoms with van der Waals surface area (Å²) in [6, 6.07) is 8.43. The van der Waals surface area contributed by atoms with Crippen LogP contribution in [0.3, 0.4) is 0 Å². The van der Waals surface area contributed by atoms with Crippen molar-refractivity contribution >= 4 is 39.1 Å². The van der Waals surface area contributed by atoms with Gasteiger partial charge in [0.1, 0.15) is 10.0 Å². The van der Waals surface area contributed by atoms with Crippen LogP contribution in [0.25, 0.3) is 0 Å². The summed E-state index contributed by atoms with van der Waals surface area (Å²) in [6.45, 7) is 0. The van der Waals surface area contributed by atoms with E-state index in [1.807, 2.05) is 4.72 Å². The molecule has 0 radical (unpaired) electrons. The van der Waals surface area contributed by atoms with E-state index in [1.165, 1.54) is 36.5 Å². The predicted octanol–water partition coefficient (Wildman–Crippen LogP) is 2.51. The molecule has 0 atom stereocenters. The van der Waals surface area contributed by atoms with Crippen molar-refractivity contribution in [3.63, 3.8) is 0 Å². The van der Waals surface area contributed by atoms with Gasteiger partial charge in [-0.3, -0.25) is 4.79 Å². The molecule has 0 spiro atoms. The van der Waals surface area contributed by atoms with Gasteiger partial charge in [0.25, 0.3) is 15.9 Å². The molecular weight excluding hydrogens is 323 g/mol. The molecule has 1 aromatic carbocycles. The Balaban J connectivity index is 2.30. The molecule has 1 heterocycles. The number of benzene rings is 1. The van der Waals surface area contributed by atoms with E-state index in [4.69, 9.17) is 23.2 Å². The van der Waals surface area contributed by atoms with E-state index in [0.717, 1.165) is 0 Å². The number of hydrogen-bond acceptors (Lipinski definition) is 4. The number of carbonyl (C=O) groups excluding carboxylic acids is 1. The molecule has 1 N–H and O–H groups in total. The van der Waals surface area contributed by atoms with Crippen LogP contribution >= 0.6 is 23.2 Å². The molecule has 0 saturated heterocycles. The van der Waals surface area contributed by atoms with Crippen LogP contribution in [0.2, 0.25) is 10.2 Å². The second-order valence-corrected chi connectivity index (χ2v) is 6.18. The lowest BCUT2D eigenvalue weighted by molar-refractivity contribution is 0.0981. The van der Waals surface area contributed by atoms with Gasteiger partial charge in [0, 0.05) is 11.8 Å². The third kappa shape index (κ3) is 3.27. The highest BCUT2D eigenvalue weighted by molar-refractivity contribution is 7.90. The Hall–Kier alpha value is -1.63. The molecule has 104 valence electrons. The van der Waals surface area contributed by atoms with Gasteiger partial charge in [0.15, 0.2) is 0 Å². The molecule has 1 amide bonds. The minimum absolute atomic E-state index is 0.0283. The van der Waals surface area contributed by atoms with Crippen LogP contribution in [0.1, 0.15) is 10.4 Å². The van der Waals surface area contributed by atoms with Gasteiger partial charge in [-0.25, -0.2) is 18.1 Å². The number of halogens is 2. The third-order valence-corrected chi connectivity index (χ3v) is 4.38. The van der Waals surface area contributed by atoms with Gasteiger partial charge in [0.05, 0.1) is 5.02 Å². The minimum Gasteiger partial charge on any atom is -0.268 e. The Morgan fingerprint density at radius 1 is 1.15 bits per heavy atom. The van der Waals surface area contributed by atoms with E-state index in [0.29, 0.717) is 0 Å². The SMILES string of the molecule is O=C(NS(=O)(=O)c1ccccc1Cl)c1ccnc(Cl)c1. The average molecular weight is 331 g/mol. The van der Waals surface area contributed by atoms with Gasteiger partial charge < -0.3 is 0 Å². The van der Waals surface area contributed by atoms with Gasteiger partial charge in [-0.2, -0.15) is 0 Å². The lowest BCUT2D eigenvalue weighted by atomic mass is 10.3. The van der Waals surface area contributed by atoms with E-state index in [2.05, 4.69) is 4.98 Å². The van der Waals surface area contributed by atoms with Crippen molar-refractivity contribution in [1.82, 2.24) is 9.71 Å². The highest BCUT2D eigenvalue weighted by atomic mass is 35.5. The Morgan fingerprint density at radius 2 is 1.85 bits per heavy atom. The van der Waals surface area contributed by atoms with E-state index in [1.54, 1.807) is 6.07 Å². The van der Waals surface area contributed by atoms with Crippen LogP contribution in [0, 0.1) is 0 Å². The highest BCUT2D eigenvalue weighted by Crippen LogP contribution is 2.20. The van der Waals surface area contributed by atoms with Crippen LogP contribution in [-0.4, -0.2) is 19.3 Å². The second kappa shape index (κ2) is 5.78. The lowest BCUT2D eigenvalue weighted by Gasteiger charge is -2.08. The summed E-state index contributed by atoms with van der Waals surface area (Å²) < 4.78 is 26.0. The Labute approximate surface area is 125 Å². The average Bonchev–Trinajstić information content (AvgIpc) is 2.38. The van der Waals surface area contributed by atoms with Crippen molar-refractivity contribution in [3.05, 3.63) is 58.3 Å². The molecular formula is C12H8Cl2N2O3S. The molecule has 0 saturated carbocycles. The number of aromatic nitrogens is 1. The first kappa shape index (κ1) is 14.8. The van der Waals surface area contributed by atoms with E-state index in [9.17, 15) is 13.2 Å². The quantitative estimate of drug-likeness (QED) is 0.877. The van der Waals surface area contributed by atoms with Gasteiger partial charge in [-0.05, 0) is 24.3 Å². The predicted molar refractivity (Wildman–Crippen MR) is 75.4 cm³/mol. The van der Waals surface area contributed by atoms with Crippen molar-refractivity contribution in [2.75, 3.05) is 0 Å². The van der Waals surface area contributed by atoms with Crippen LogP contribution in [0.4, 0.5) is 0 Å². The Bertz CT molecular complexity index is 763. The molecule has 0 aliphatic heterocycles.